The first-order valence-electron chi connectivity index (χ1n) is 6.21. The van der Waals surface area contributed by atoms with Gasteiger partial charge in [0.15, 0.2) is 0 Å². The van der Waals surface area contributed by atoms with Crippen molar-refractivity contribution in [3.05, 3.63) is 53.7 Å². The van der Waals surface area contributed by atoms with E-state index in [1.54, 1.807) is 37.5 Å². The summed E-state index contributed by atoms with van der Waals surface area (Å²) in [4.78, 5) is 28.9. The van der Waals surface area contributed by atoms with E-state index in [1.807, 2.05) is 0 Å². The third kappa shape index (κ3) is 3.17. The average Bonchev–Trinajstić information content (AvgIpc) is 2.53. The number of benzene rings is 1. The van der Waals surface area contributed by atoms with E-state index in [1.165, 1.54) is 24.1 Å². The van der Waals surface area contributed by atoms with Crippen LogP contribution in [0.4, 0.5) is 5.69 Å². The summed E-state index contributed by atoms with van der Waals surface area (Å²) in [6.45, 7) is 0. The van der Waals surface area contributed by atoms with Crippen molar-refractivity contribution in [2.24, 2.45) is 5.73 Å². The lowest BCUT2D eigenvalue weighted by Gasteiger charge is -2.17. The van der Waals surface area contributed by atoms with Crippen LogP contribution in [0.1, 0.15) is 20.7 Å². The Labute approximate surface area is 122 Å². The molecule has 2 rings (SSSR count). The van der Waals surface area contributed by atoms with Gasteiger partial charge >= 0.3 is 0 Å². The number of amides is 2. The Kier molecular flexibility index (Phi) is 4.18. The predicted molar refractivity (Wildman–Crippen MR) is 78.5 cm³/mol. The molecule has 0 atom stereocenters. The summed E-state index contributed by atoms with van der Waals surface area (Å²) in [6, 6.07) is 9.59. The molecule has 6 heteroatoms. The zero-order valence-electron chi connectivity index (χ0n) is 11.7. The van der Waals surface area contributed by atoms with Gasteiger partial charge in [-0.2, -0.15) is 0 Å². The quantitative estimate of drug-likeness (QED) is 0.921. The lowest BCUT2D eigenvalue weighted by atomic mass is 10.1. The van der Waals surface area contributed by atoms with E-state index in [4.69, 9.17) is 10.5 Å². The second kappa shape index (κ2) is 6.04. The number of carbonyl (C=O) groups excluding carboxylic acids is 2. The summed E-state index contributed by atoms with van der Waals surface area (Å²) in [5, 5.41) is 0. The molecule has 2 N–H and O–H groups in total. The van der Waals surface area contributed by atoms with E-state index < -0.39 is 5.91 Å². The number of methoxy groups -OCH3 is 1. The summed E-state index contributed by atoms with van der Waals surface area (Å²) in [6.07, 6.45) is 1.55. The van der Waals surface area contributed by atoms with Crippen molar-refractivity contribution in [3.63, 3.8) is 0 Å². The van der Waals surface area contributed by atoms with Gasteiger partial charge < -0.3 is 15.4 Å². The molecule has 2 amide bonds. The molecule has 0 aliphatic rings. The standard InChI is InChI=1S/C15H15N3O3/c1-18(12-7-8-13(21-2)17-9-12)15(20)11-5-3-10(4-6-11)14(16)19/h3-9H,1-2H3,(H2,16,19). The van der Waals surface area contributed by atoms with Crippen LogP contribution in [0.15, 0.2) is 42.6 Å². The van der Waals surface area contributed by atoms with Gasteiger partial charge in [-0.3, -0.25) is 9.59 Å². The minimum Gasteiger partial charge on any atom is -0.481 e. The van der Waals surface area contributed by atoms with Crippen LogP contribution in [-0.4, -0.2) is 31.0 Å². The van der Waals surface area contributed by atoms with Crippen molar-refractivity contribution in [1.82, 2.24) is 4.98 Å². The third-order valence-corrected chi connectivity index (χ3v) is 3.04. The van der Waals surface area contributed by atoms with Gasteiger partial charge in [0, 0.05) is 24.2 Å². The summed E-state index contributed by atoms with van der Waals surface area (Å²) in [7, 11) is 3.17. The Hall–Kier alpha value is -2.89. The van der Waals surface area contributed by atoms with Gasteiger partial charge in [0.25, 0.3) is 5.91 Å². The maximum Gasteiger partial charge on any atom is 0.258 e. The van der Waals surface area contributed by atoms with E-state index in [0.29, 0.717) is 22.7 Å². The molecule has 1 aromatic carbocycles. The zero-order valence-corrected chi connectivity index (χ0v) is 11.7. The smallest absolute Gasteiger partial charge is 0.258 e. The monoisotopic (exact) mass is 285 g/mol. The van der Waals surface area contributed by atoms with E-state index >= 15 is 0 Å². The number of pyridine rings is 1. The average molecular weight is 285 g/mol. The summed E-state index contributed by atoms with van der Waals surface area (Å²) < 4.78 is 4.97. The molecule has 21 heavy (non-hydrogen) atoms. The number of hydrogen-bond donors (Lipinski definition) is 1. The number of primary amides is 1. The van der Waals surface area contributed by atoms with Crippen LogP contribution < -0.4 is 15.4 Å². The van der Waals surface area contributed by atoms with Crippen LogP contribution in [0.3, 0.4) is 0 Å². The van der Waals surface area contributed by atoms with Gasteiger partial charge in [-0.1, -0.05) is 0 Å². The van der Waals surface area contributed by atoms with E-state index in [2.05, 4.69) is 4.98 Å². The SMILES string of the molecule is COc1ccc(N(C)C(=O)c2ccc(C(N)=O)cc2)cn1. The third-order valence-electron chi connectivity index (χ3n) is 3.04. The van der Waals surface area contributed by atoms with E-state index in [-0.39, 0.29) is 5.91 Å². The highest BCUT2D eigenvalue weighted by atomic mass is 16.5. The first kappa shape index (κ1) is 14.5. The second-order valence-electron chi connectivity index (χ2n) is 4.36. The predicted octanol–water partition coefficient (Wildman–Crippen LogP) is 1.47. The van der Waals surface area contributed by atoms with Crippen molar-refractivity contribution < 1.29 is 14.3 Å². The molecule has 0 fully saturated rings. The van der Waals surface area contributed by atoms with Gasteiger partial charge in [0.05, 0.1) is 19.0 Å². The van der Waals surface area contributed by atoms with Crippen LogP contribution in [0.25, 0.3) is 0 Å². The molecule has 1 aromatic heterocycles. The fourth-order valence-corrected chi connectivity index (χ4v) is 1.78. The number of carbonyl (C=O) groups is 2. The minimum atomic E-state index is -0.526. The molecule has 0 saturated carbocycles. The fourth-order valence-electron chi connectivity index (χ4n) is 1.78. The number of hydrogen-bond acceptors (Lipinski definition) is 4. The highest BCUT2D eigenvalue weighted by Gasteiger charge is 2.14. The van der Waals surface area contributed by atoms with Crippen molar-refractivity contribution >= 4 is 17.5 Å². The highest BCUT2D eigenvalue weighted by Crippen LogP contribution is 2.17. The molecule has 0 unspecified atom stereocenters. The second-order valence-corrected chi connectivity index (χ2v) is 4.36. The van der Waals surface area contributed by atoms with E-state index in [9.17, 15) is 9.59 Å². The number of ether oxygens (including phenoxy) is 1. The number of nitrogens with zero attached hydrogens (tertiary/aromatic N) is 2. The first-order valence-corrected chi connectivity index (χ1v) is 6.21. The number of aromatic nitrogens is 1. The molecule has 6 nitrogen and oxygen atoms in total. The fraction of sp³-hybridized carbons (Fsp3) is 0.133. The van der Waals surface area contributed by atoms with E-state index in [0.717, 1.165) is 0 Å². The van der Waals surface area contributed by atoms with Crippen molar-refractivity contribution in [3.8, 4) is 5.88 Å². The van der Waals surface area contributed by atoms with Crippen LogP contribution in [0.2, 0.25) is 0 Å². The van der Waals surface area contributed by atoms with Crippen LogP contribution in [0.5, 0.6) is 5.88 Å². The number of nitrogens with two attached hydrogens (primary N) is 1. The zero-order chi connectivity index (χ0) is 15.4. The Morgan fingerprint density at radius 2 is 1.71 bits per heavy atom. The van der Waals surface area contributed by atoms with Crippen LogP contribution in [0, 0.1) is 0 Å². The van der Waals surface area contributed by atoms with Crippen LogP contribution >= 0.6 is 0 Å². The Balaban J connectivity index is 2.19. The van der Waals surface area contributed by atoms with Crippen LogP contribution in [-0.2, 0) is 0 Å². The topological polar surface area (TPSA) is 85.5 Å². The number of rotatable bonds is 4. The van der Waals surface area contributed by atoms with Gasteiger partial charge in [0.1, 0.15) is 0 Å². The maximum atomic E-state index is 12.3. The molecule has 0 saturated heterocycles. The lowest BCUT2D eigenvalue weighted by molar-refractivity contribution is 0.0984. The molecule has 0 aliphatic heterocycles. The molecule has 108 valence electrons. The van der Waals surface area contributed by atoms with Crippen molar-refractivity contribution in [1.29, 1.82) is 0 Å². The first-order chi connectivity index (χ1) is 10.0. The van der Waals surface area contributed by atoms with Crippen molar-refractivity contribution in [2.45, 2.75) is 0 Å². The molecule has 0 radical (unpaired) electrons. The molecule has 2 aromatic rings. The Morgan fingerprint density at radius 3 is 2.19 bits per heavy atom. The molecule has 0 bridgehead atoms. The van der Waals surface area contributed by atoms with Crippen molar-refractivity contribution in [2.75, 3.05) is 19.1 Å². The molecular formula is C15H15N3O3. The minimum absolute atomic E-state index is 0.210. The normalized spacial score (nSPS) is 10.0. The van der Waals surface area contributed by atoms with Gasteiger partial charge in [-0.05, 0) is 30.3 Å². The summed E-state index contributed by atoms with van der Waals surface area (Å²) in [5.74, 6) is -0.259. The lowest BCUT2D eigenvalue weighted by Crippen LogP contribution is -2.26. The van der Waals surface area contributed by atoms with Gasteiger partial charge in [-0.15, -0.1) is 0 Å². The largest absolute Gasteiger partial charge is 0.481 e. The molecule has 0 aliphatic carbocycles. The maximum absolute atomic E-state index is 12.3. The number of anilines is 1. The van der Waals surface area contributed by atoms with Gasteiger partial charge in [-0.25, -0.2) is 4.98 Å². The molecule has 1 heterocycles. The highest BCUT2D eigenvalue weighted by molar-refractivity contribution is 6.06. The Bertz CT molecular complexity index is 651. The van der Waals surface area contributed by atoms with Gasteiger partial charge in [0.2, 0.25) is 11.8 Å². The Morgan fingerprint density at radius 1 is 1.10 bits per heavy atom. The molecular weight excluding hydrogens is 270 g/mol. The summed E-state index contributed by atoms with van der Waals surface area (Å²) in [5.41, 5.74) is 6.62. The molecule has 0 spiro atoms. The summed E-state index contributed by atoms with van der Waals surface area (Å²) >= 11 is 0.